The van der Waals surface area contributed by atoms with E-state index in [9.17, 15) is 13.2 Å². The summed E-state index contributed by atoms with van der Waals surface area (Å²) < 4.78 is 27.4. The van der Waals surface area contributed by atoms with Crippen molar-refractivity contribution in [2.45, 2.75) is 11.3 Å². The number of fused-ring (bicyclic) bond motifs is 1. The molecule has 2 rings (SSSR count). The third-order valence-electron chi connectivity index (χ3n) is 2.27. The molecule has 1 aliphatic rings. The number of carboxylic acid groups (broad SMARTS) is 1. The van der Waals surface area contributed by atoms with Gasteiger partial charge in [0, 0.05) is 17.1 Å². The average Bonchev–Trinajstić information content (AvgIpc) is 2.61. The normalized spacial score (nSPS) is 14.3. The predicted octanol–water partition coefficient (Wildman–Crippen LogP) is 1.25. The molecule has 0 saturated heterocycles. The van der Waals surface area contributed by atoms with Gasteiger partial charge in [0.2, 0.25) is 0 Å². The van der Waals surface area contributed by atoms with Gasteiger partial charge in [0.15, 0.2) is 0 Å². The van der Waals surface area contributed by atoms with Gasteiger partial charge < -0.3 is 9.84 Å². The molecular formula is C9H7ClO5S. The molecule has 1 heterocycles. The van der Waals surface area contributed by atoms with Crippen LogP contribution in [0.2, 0.25) is 0 Å². The van der Waals surface area contributed by atoms with Crippen LogP contribution in [0.25, 0.3) is 0 Å². The minimum Gasteiger partial charge on any atom is -0.492 e. The molecule has 0 atom stereocenters. The SMILES string of the molecule is O=C(O)c1cc(S(=O)(=O)Cl)cc2c1OCC2. The highest BCUT2D eigenvalue weighted by molar-refractivity contribution is 8.13. The molecule has 1 aromatic carbocycles. The predicted molar refractivity (Wildman–Crippen MR) is 55.6 cm³/mol. The van der Waals surface area contributed by atoms with Crippen molar-refractivity contribution in [2.75, 3.05) is 6.61 Å². The molecule has 7 heteroatoms. The number of benzene rings is 1. The largest absolute Gasteiger partial charge is 0.492 e. The van der Waals surface area contributed by atoms with Crippen LogP contribution in [0.4, 0.5) is 0 Å². The molecule has 0 saturated carbocycles. The van der Waals surface area contributed by atoms with Crippen molar-refractivity contribution in [1.82, 2.24) is 0 Å². The highest BCUT2D eigenvalue weighted by Gasteiger charge is 2.25. The lowest BCUT2D eigenvalue weighted by molar-refractivity contribution is 0.0693. The molecule has 0 radical (unpaired) electrons. The van der Waals surface area contributed by atoms with Crippen molar-refractivity contribution in [3.8, 4) is 5.75 Å². The van der Waals surface area contributed by atoms with Crippen molar-refractivity contribution >= 4 is 25.7 Å². The van der Waals surface area contributed by atoms with E-state index in [-0.39, 0.29) is 16.2 Å². The topological polar surface area (TPSA) is 80.7 Å². The van der Waals surface area contributed by atoms with Gasteiger partial charge in [-0.15, -0.1) is 0 Å². The molecule has 0 fully saturated rings. The van der Waals surface area contributed by atoms with Crippen LogP contribution in [-0.4, -0.2) is 26.1 Å². The lowest BCUT2D eigenvalue weighted by Crippen LogP contribution is -2.02. The Morgan fingerprint density at radius 2 is 2.12 bits per heavy atom. The van der Waals surface area contributed by atoms with Crippen molar-refractivity contribution in [2.24, 2.45) is 0 Å². The summed E-state index contributed by atoms with van der Waals surface area (Å²) in [4.78, 5) is 10.7. The fourth-order valence-electron chi connectivity index (χ4n) is 1.58. The molecule has 0 aliphatic carbocycles. The third-order valence-corrected chi connectivity index (χ3v) is 3.60. The van der Waals surface area contributed by atoms with Crippen LogP contribution in [-0.2, 0) is 15.5 Å². The van der Waals surface area contributed by atoms with Gasteiger partial charge in [-0.3, -0.25) is 0 Å². The van der Waals surface area contributed by atoms with Crippen molar-refractivity contribution in [3.63, 3.8) is 0 Å². The van der Waals surface area contributed by atoms with E-state index in [2.05, 4.69) is 0 Å². The van der Waals surface area contributed by atoms with Crippen LogP contribution in [0.3, 0.4) is 0 Å². The summed E-state index contributed by atoms with van der Waals surface area (Å²) in [5.41, 5.74) is 0.383. The lowest BCUT2D eigenvalue weighted by Gasteiger charge is -2.05. The molecule has 86 valence electrons. The first kappa shape index (κ1) is 11.2. The van der Waals surface area contributed by atoms with E-state index >= 15 is 0 Å². The zero-order chi connectivity index (χ0) is 11.9. The fraction of sp³-hybridized carbons (Fsp3) is 0.222. The van der Waals surface area contributed by atoms with Crippen molar-refractivity contribution in [1.29, 1.82) is 0 Å². The number of halogens is 1. The molecule has 1 aliphatic heterocycles. The first-order chi connectivity index (χ1) is 7.39. The zero-order valence-corrected chi connectivity index (χ0v) is 9.51. The quantitative estimate of drug-likeness (QED) is 0.811. The van der Waals surface area contributed by atoms with Crippen LogP contribution >= 0.6 is 10.7 Å². The van der Waals surface area contributed by atoms with Gasteiger partial charge in [0.05, 0.1) is 11.5 Å². The number of hydrogen-bond acceptors (Lipinski definition) is 4. The Labute approximate surface area is 96.0 Å². The smallest absolute Gasteiger partial charge is 0.339 e. The zero-order valence-electron chi connectivity index (χ0n) is 7.94. The summed E-state index contributed by atoms with van der Waals surface area (Å²) in [6, 6.07) is 2.35. The fourth-order valence-corrected chi connectivity index (χ4v) is 2.39. The maximum Gasteiger partial charge on any atom is 0.339 e. The van der Waals surface area contributed by atoms with Gasteiger partial charge in [-0.2, -0.15) is 0 Å². The second-order valence-corrected chi connectivity index (χ2v) is 5.87. The highest BCUT2D eigenvalue weighted by atomic mass is 35.7. The second kappa shape index (κ2) is 3.64. The van der Waals surface area contributed by atoms with E-state index in [0.717, 1.165) is 6.07 Å². The van der Waals surface area contributed by atoms with E-state index in [1.807, 2.05) is 0 Å². The summed E-state index contributed by atoms with van der Waals surface area (Å²) in [5, 5.41) is 8.92. The maximum absolute atomic E-state index is 11.1. The van der Waals surface area contributed by atoms with E-state index in [1.54, 1.807) is 0 Å². The molecule has 5 nitrogen and oxygen atoms in total. The first-order valence-electron chi connectivity index (χ1n) is 4.37. The van der Waals surface area contributed by atoms with Gasteiger partial charge in [-0.05, 0) is 17.7 Å². The number of carbonyl (C=O) groups is 1. The van der Waals surface area contributed by atoms with Crippen molar-refractivity contribution in [3.05, 3.63) is 23.3 Å². The van der Waals surface area contributed by atoms with Gasteiger partial charge in [-0.1, -0.05) is 0 Å². The lowest BCUT2D eigenvalue weighted by atomic mass is 10.1. The molecule has 0 spiro atoms. The van der Waals surface area contributed by atoms with E-state index in [0.29, 0.717) is 18.6 Å². The van der Waals surface area contributed by atoms with E-state index in [1.165, 1.54) is 6.07 Å². The summed E-state index contributed by atoms with van der Waals surface area (Å²) in [6.07, 6.45) is 0.482. The Balaban J connectivity index is 2.70. The van der Waals surface area contributed by atoms with Gasteiger partial charge in [0.1, 0.15) is 11.3 Å². The average molecular weight is 263 g/mol. The Bertz CT molecular complexity index is 564. The molecule has 0 bridgehead atoms. The molecule has 0 amide bonds. The van der Waals surface area contributed by atoms with Crippen molar-refractivity contribution < 1.29 is 23.1 Å². The van der Waals surface area contributed by atoms with Crippen LogP contribution in [0.15, 0.2) is 17.0 Å². The third kappa shape index (κ3) is 1.85. The molecule has 0 unspecified atom stereocenters. The minimum absolute atomic E-state index is 0.172. The number of ether oxygens (including phenoxy) is 1. The Hall–Kier alpha value is -1.27. The summed E-state index contributed by atoms with van der Waals surface area (Å²) in [5.74, 6) is -1.00. The van der Waals surface area contributed by atoms with E-state index < -0.39 is 15.0 Å². The van der Waals surface area contributed by atoms with Gasteiger partial charge in [-0.25, -0.2) is 13.2 Å². The highest BCUT2D eigenvalue weighted by Crippen LogP contribution is 2.33. The summed E-state index contributed by atoms with van der Waals surface area (Å²) >= 11 is 0. The number of aromatic carboxylic acids is 1. The Kier molecular flexibility index (Phi) is 2.55. The molecule has 1 aromatic rings. The van der Waals surface area contributed by atoms with Crippen LogP contribution in [0.1, 0.15) is 15.9 Å². The Morgan fingerprint density at radius 3 is 2.69 bits per heavy atom. The monoisotopic (exact) mass is 262 g/mol. The van der Waals surface area contributed by atoms with Crippen LogP contribution in [0.5, 0.6) is 5.75 Å². The Morgan fingerprint density at radius 1 is 1.44 bits per heavy atom. The van der Waals surface area contributed by atoms with Crippen LogP contribution < -0.4 is 4.74 Å². The van der Waals surface area contributed by atoms with Crippen LogP contribution in [0, 0.1) is 0 Å². The molecule has 16 heavy (non-hydrogen) atoms. The standard InChI is InChI=1S/C9H7ClO5S/c10-16(13,14)6-3-5-1-2-15-8(5)7(4-6)9(11)12/h3-4H,1-2H2,(H,11,12). The van der Waals surface area contributed by atoms with E-state index in [4.69, 9.17) is 20.5 Å². The first-order valence-corrected chi connectivity index (χ1v) is 6.68. The number of hydrogen-bond donors (Lipinski definition) is 1. The second-order valence-electron chi connectivity index (χ2n) is 3.30. The molecular weight excluding hydrogens is 256 g/mol. The summed E-state index contributed by atoms with van der Waals surface area (Å²) in [7, 11) is 1.25. The van der Waals surface area contributed by atoms with Gasteiger partial charge >= 0.3 is 5.97 Å². The number of carboxylic acids is 1. The number of rotatable bonds is 2. The molecule has 1 N–H and O–H groups in total. The molecule has 0 aromatic heterocycles. The van der Waals surface area contributed by atoms with Gasteiger partial charge in [0.25, 0.3) is 9.05 Å². The minimum atomic E-state index is -3.93. The maximum atomic E-state index is 11.1. The summed E-state index contributed by atoms with van der Waals surface area (Å²) in [6.45, 7) is 0.349.